The third kappa shape index (κ3) is 3.01. The van der Waals surface area contributed by atoms with Crippen LogP contribution >= 0.6 is 0 Å². The summed E-state index contributed by atoms with van der Waals surface area (Å²) in [7, 11) is 0. The van der Waals surface area contributed by atoms with E-state index in [0.29, 0.717) is 11.9 Å². The van der Waals surface area contributed by atoms with Gasteiger partial charge in [0.25, 0.3) is 0 Å². The maximum atomic E-state index is 6.21. The van der Waals surface area contributed by atoms with Gasteiger partial charge in [0.1, 0.15) is 11.5 Å². The smallest absolute Gasteiger partial charge is 0.163 e. The lowest BCUT2D eigenvalue weighted by Crippen LogP contribution is -2.21. The van der Waals surface area contributed by atoms with Crippen LogP contribution < -0.4 is 11.1 Å². The van der Waals surface area contributed by atoms with Gasteiger partial charge in [0.05, 0.1) is 17.1 Å². The molecule has 7 rings (SSSR count). The number of benzene rings is 1. The third-order valence-electron chi connectivity index (χ3n) is 6.92. The van der Waals surface area contributed by atoms with E-state index >= 15 is 0 Å². The lowest BCUT2D eigenvalue weighted by molar-refractivity contribution is 0.687. The Morgan fingerprint density at radius 1 is 1.00 bits per heavy atom. The van der Waals surface area contributed by atoms with Crippen molar-refractivity contribution in [2.75, 3.05) is 5.32 Å². The van der Waals surface area contributed by atoms with Crippen LogP contribution in [0.4, 0.5) is 5.82 Å². The minimum Gasteiger partial charge on any atom is -0.367 e. The maximum absolute atomic E-state index is 6.21. The van der Waals surface area contributed by atoms with Crippen molar-refractivity contribution < 1.29 is 0 Å². The van der Waals surface area contributed by atoms with E-state index in [-0.39, 0.29) is 6.04 Å². The van der Waals surface area contributed by atoms with Gasteiger partial charge in [0.2, 0.25) is 0 Å². The fraction of sp³-hybridized carbons (Fsp3) is 0.185. The zero-order valence-corrected chi connectivity index (χ0v) is 18.5. The summed E-state index contributed by atoms with van der Waals surface area (Å²) in [6.45, 7) is 0. The molecule has 1 fully saturated rings. The minimum atomic E-state index is 0.231. The Morgan fingerprint density at radius 2 is 1.91 bits per heavy atom. The highest BCUT2D eigenvalue weighted by molar-refractivity contribution is 6.12. The fourth-order valence-corrected chi connectivity index (χ4v) is 5.19. The highest BCUT2D eigenvalue weighted by Gasteiger charge is 2.25. The Labute approximate surface area is 195 Å². The highest BCUT2D eigenvalue weighted by Crippen LogP contribution is 2.37. The van der Waals surface area contributed by atoms with Gasteiger partial charge in [-0.05, 0) is 37.0 Å². The molecule has 4 heterocycles. The second kappa shape index (κ2) is 7.46. The molecule has 1 aromatic carbocycles. The molecule has 0 spiro atoms. The molecule has 2 aliphatic carbocycles. The molecule has 0 saturated heterocycles. The summed E-state index contributed by atoms with van der Waals surface area (Å²) in [6, 6.07) is 10.7. The normalized spacial score (nSPS) is 19.6. The highest BCUT2D eigenvalue weighted by atomic mass is 15.1. The van der Waals surface area contributed by atoms with E-state index in [0.717, 1.165) is 74.6 Å². The average molecular weight is 446 g/mol. The number of fused-ring (bicyclic) bond motifs is 4. The van der Waals surface area contributed by atoms with Crippen LogP contribution in [-0.4, -0.2) is 37.0 Å². The number of allylic oxidation sites excluding steroid dienone is 4. The number of hydrogen-bond donors (Lipinski definition) is 3. The Morgan fingerprint density at radius 3 is 2.74 bits per heavy atom. The van der Waals surface area contributed by atoms with Gasteiger partial charge >= 0.3 is 0 Å². The first-order valence-corrected chi connectivity index (χ1v) is 11.7. The number of pyridine rings is 2. The zero-order valence-electron chi connectivity index (χ0n) is 18.5. The number of rotatable bonds is 4. The second-order valence-corrected chi connectivity index (χ2v) is 9.13. The summed E-state index contributed by atoms with van der Waals surface area (Å²) in [5, 5.41) is 6.85. The SMILES string of the molecule is NC1CCC(Nc2nc(-c3ccnc4[nH]c5ccccc5c34)nc3cncc(C4=CC=C4)c23)C1. The second-order valence-electron chi connectivity index (χ2n) is 9.13. The number of aromatic amines is 1. The van der Waals surface area contributed by atoms with Crippen molar-refractivity contribution in [1.29, 1.82) is 0 Å². The number of para-hydroxylation sites is 1. The number of aromatic nitrogens is 5. The number of anilines is 1. The molecule has 1 saturated carbocycles. The number of nitrogens with one attached hydrogen (secondary N) is 2. The van der Waals surface area contributed by atoms with Crippen LogP contribution in [0.5, 0.6) is 0 Å². The number of nitrogens with zero attached hydrogens (tertiary/aromatic N) is 4. The van der Waals surface area contributed by atoms with Crippen molar-refractivity contribution in [3.63, 3.8) is 0 Å². The molecule has 4 aromatic heterocycles. The monoisotopic (exact) mass is 445 g/mol. The van der Waals surface area contributed by atoms with Crippen molar-refractivity contribution in [3.05, 3.63) is 72.7 Å². The van der Waals surface area contributed by atoms with Gasteiger partial charge in [-0.15, -0.1) is 0 Å². The van der Waals surface area contributed by atoms with Crippen molar-refractivity contribution in [3.8, 4) is 11.4 Å². The van der Waals surface area contributed by atoms with Crippen molar-refractivity contribution in [2.45, 2.75) is 31.3 Å². The molecule has 4 N–H and O–H groups in total. The molecule has 7 heteroatoms. The van der Waals surface area contributed by atoms with E-state index in [1.807, 2.05) is 42.9 Å². The standard InChI is InChI=1S/C27H23N7/c28-16-8-9-17(12-16)31-27-24-20(15-4-3-5-15)13-29-14-22(24)33-25(34-27)19-10-11-30-26-23(19)18-6-1-2-7-21(18)32-26/h1-7,10-11,13-14,16-17H,8-9,12,28H2,(H,30,32)(H,31,33,34). The molecule has 0 aliphatic heterocycles. The lowest BCUT2D eigenvalue weighted by atomic mass is 9.97. The quantitative estimate of drug-likeness (QED) is 0.361. The minimum absolute atomic E-state index is 0.231. The number of nitrogens with two attached hydrogens (primary N) is 1. The summed E-state index contributed by atoms with van der Waals surface area (Å²) in [5.41, 5.74) is 12.0. The van der Waals surface area contributed by atoms with E-state index in [2.05, 4.69) is 44.6 Å². The van der Waals surface area contributed by atoms with Crippen LogP contribution in [0.2, 0.25) is 0 Å². The molecule has 2 atom stereocenters. The zero-order chi connectivity index (χ0) is 22.6. The van der Waals surface area contributed by atoms with Crippen molar-refractivity contribution >= 4 is 44.2 Å². The van der Waals surface area contributed by atoms with Crippen LogP contribution in [0.1, 0.15) is 24.8 Å². The van der Waals surface area contributed by atoms with Crippen molar-refractivity contribution in [1.82, 2.24) is 24.9 Å². The first-order chi connectivity index (χ1) is 16.7. The van der Waals surface area contributed by atoms with E-state index in [1.165, 1.54) is 0 Å². The molecule has 5 aromatic rings. The molecule has 0 bridgehead atoms. The molecular formula is C27H23N7. The third-order valence-corrected chi connectivity index (χ3v) is 6.92. The Hall–Kier alpha value is -4.10. The topological polar surface area (TPSA) is 105 Å². The van der Waals surface area contributed by atoms with Crippen LogP contribution in [0.25, 0.3) is 49.8 Å². The molecule has 7 nitrogen and oxygen atoms in total. The average Bonchev–Trinajstić information content (AvgIpc) is 3.40. The van der Waals surface area contributed by atoms with Gasteiger partial charge in [0, 0.05) is 51.9 Å². The van der Waals surface area contributed by atoms with Crippen molar-refractivity contribution in [2.24, 2.45) is 5.73 Å². The van der Waals surface area contributed by atoms with E-state index in [4.69, 9.17) is 15.7 Å². The lowest BCUT2D eigenvalue weighted by Gasteiger charge is -2.19. The van der Waals surface area contributed by atoms with Gasteiger partial charge in [-0.2, -0.15) is 0 Å². The molecule has 0 amide bonds. The molecule has 34 heavy (non-hydrogen) atoms. The first kappa shape index (κ1) is 19.4. The largest absolute Gasteiger partial charge is 0.367 e. The van der Waals surface area contributed by atoms with Crippen LogP contribution in [0.3, 0.4) is 0 Å². The summed E-state index contributed by atoms with van der Waals surface area (Å²) in [5.74, 6) is 1.49. The number of hydrogen-bond acceptors (Lipinski definition) is 6. The Balaban J connectivity index is 1.47. The van der Waals surface area contributed by atoms with Gasteiger partial charge in [-0.3, -0.25) is 4.98 Å². The molecule has 166 valence electrons. The molecule has 0 radical (unpaired) electrons. The van der Waals surface area contributed by atoms with Crippen LogP contribution in [0.15, 0.2) is 67.2 Å². The maximum Gasteiger partial charge on any atom is 0.163 e. The molecule has 2 aliphatic rings. The Bertz CT molecular complexity index is 1650. The number of H-pyrrole nitrogens is 1. The summed E-state index contributed by atoms with van der Waals surface area (Å²) >= 11 is 0. The summed E-state index contributed by atoms with van der Waals surface area (Å²) in [6.07, 6.45) is 14.8. The van der Waals surface area contributed by atoms with E-state index in [9.17, 15) is 0 Å². The first-order valence-electron chi connectivity index (χ1n) is 11.7. The van der Waals surface area contributed by atoms with Gasteiger partial charge in [-0.25, -0.2) is 15.0 Å². The van der Waals surface area contributed by atoms with E-state index < -0.39 is 0 Å². The molecular weight excluding hydrogens is 422 g/mol. The Kier molecular flexibility index (Phi) is 4.25. The molecule has 2 unspecified atom stereocenters. The predicted molar refractivity (Wildman–Crippen MR) is 136 cm³/mol. The fourth-order valence-electron chi connectivity index (χ4n) is 5.19. The van der Waals surface area contributed by atoms with Crippen LogP contribution in [-0.2, 0) is 0 Å². The van der Waals surface area contributed by atoms with Gasteiger partial charge < -0.3 is 16.0 Å². The summed E-state index contributed by atoms with van der Waals surface area (Å²) in [4.78, 5) is 22.6. The van der Waals surface area contributed by atoms with Crippen LogP contribution in [0, 0.1) is 0 Å². The summed E-state index contributed by atoms with van der Waals surface area (Å²) < 4.78 is 0. The van der Waals surface area contributed by atoms with E-state index in [1.54, 1.807) is 0 Å². The predicted octanol–water partition coefficient (Wildman–Crippen LogP) is 4.97. The van der Waals surface area contributed by atoms with Gasteiger partial charge in [0.15, 0.2) is 5.82 Å². The van der Waals surface area contributed by atoms with Gasteiger partial charge in [-0.1, -0.05) is 36.4 Å².